The molecule has 0 saturated carbocycles. The Labute approximate surface area is 130 Å². The van der Waals surface area contributed by atoms with Gasteiger partial charge in [-0.25, -0.2) is 13.2 Å². The van der Waals surface area contributed by atoms with Gasteiger partial charge >= 0.3 is 6.03 Å². The standard InChI is InChI=1S/C15H19N3O3S/c1-11(14-4-2-12(8-16)3-5-14)18-15(19)17-9-13-6-7-22(20,21)10-13/h2-5,11,13H,6-7,9-10H2,1H3,(H2,17,18,19)/t11-,13+/m0/s1. The lowest BCUT2D eigenvalue weighted by Crippen LogP contribution is -2.39. The first-order chi connectivity index (χ1) is 10.4. The van der Waals surface area contributed by atoms with Crippen molar-refractivity contribution in [2.75, 3.05) is 18.1 Å². The molecule has 1 aliphatic heterocycles. The van der Waals surface area contributed by atoms with Crippen LogP contribution in [0.4, 0.5) is 4.79 Å². The van der Waals surface area contributed by atoms with E-state index in [0.717, 1.165) is 5.56 Å². The van der Waals surface area contributed by atoms with Crippen LogP contribution >= 0.6 is 0 Å². The van der Waals surface area contributed by atoms with Gasteiger partial charge in [0.2, 0.25) is 0 Å². The highest BCUT2D eigenvalue weighted by Crippen LogP contribution is 2.17. The fourth-order valence-corrected chi connectivity index (χ4v) is 4.31. The Bertz CT molecular complexity index is 677. The van der Waals surface area contributed by atoms with Crippen molar-refractivity contribution in [3.8, 4) is 6.07 Å². The van der Waals surface area contributed by atoms with Gasteiger partial charge in [0.25, 0.3) is 0 Å². The van der Waals surface area contributed by atoms with Gasteiger partial charge in [-0.1, -0.05) is 12.1 Å². The second-order valence-electron chi connectivity index (χ2n) is 5.58. The summed E-state index contributed by atoms with van der Waals surface area (Å²) < 4.78 is 22.7. The summed E-state index contributed by atoms with van der Waals surface area (Å²) in [4.78, 5) is 11.8. The van der Waals surface area contributed by atoms with Crippen molar-refractivity contribution in [1.82, 2.24) is 10.6 Å². The number of carbonyl (C=O) groups is 1. The number of rotatable bonds is 4. The van der Waals surface area contributed by atoms with E-state index in [2.05, 4.69) is 10.6 Å². The summed E-state index contributed by atoms with van der Waals surface area (Å²) in [6.07, 6.45) is 0.605. The van der Waals surface area contributed by atoms with Gasteiger partial charge in [0.1, 0.15) is 0 Å². The van der Waals surface area contributed by atoms with E-state index < -0.39 is 9.84 Å². The van der Waals surface area contributed by atoms with Gasteiger partial charge in [0.15, 0.2) is 9.84 Å². The van der Waals surface area contributed by atoms with Gasteiger partial charge in [-0.15, -0.1) is 0 Å². The average molecular weight is 321 g/mol. The SMILES string of the molecule is C[C@H](NC(=O)NC[C@H]1CCS(=O)(=O)C1)c1ccc(C#N)cc1. The number of urea groups is 1. The second-order valence-corrected chi connectivity index (χ2v) is 7.81. The monoisotopic (exact) mass is 321 g/mol. The summed E-state index contributed by atoms with van der Waals surface area (Å²) in [5, 5.41) is 14.3. The zero-order valence-corrected chi connectivity index (χ0v) is 13.2. The van der Waals surface area contributed by atoms with Gasteiger partial charge in [-0.2, -0.15) is 5.26 Å². The number of nitrogens with one attached hydrogen (secondary N) is 2. The summed E-state index contributed by atoms with van der Waals surface area (Å²) in [5.41, 5.74) is 1.47. The van der Waals surface area contributed by atoms with Crippen LogP contribution < -0.4 is 10.6 Å². The molecule has 22 heavy (non-hydrogen) atoms. The molecule has 1 aromatic rings. The number of hydrogen-bond donors (Lipinski definition) is 2. The number of hydrogen-bond acceptors (Lipinski definition) is 4. The Morgan fingerprint density at radius 2 is 2.09 bits per heavy atom. The van der Waals surface area contributed by atoms with E-state index >= 15 is 0 Å². The smallest absolute Gasteiger partial charge is 0.315 e. The van der Waals surface area contributed by atoms with Crippen molar-refractivity contribution in [1.29, 1.82) is 5.26 Å². The minimum atomic E-state index is -2.91. The molecular weight excluding hydrogens is 302 g/mol. The largest absolute Gasteiger partial charge is 0.338 e. The molecule has 0 radical (unpaired) electrons. The van der Waals surface area contributed by atoms with Crippen LogP contribution in [-0.2, 0) is 9.84 Å². The highest BCUT2D eigenvalue weighted by molar-refractivity contribution is 7.91. The molecule has 0 aliphatic carbocycles. The first kappa shape index (κ1) is 16.3. The third-order valence-electron chi connectivity index (χ3n) is 3.77. The van der Waals surface area contributed by atoms with Crippen molar-refractivity contribution in [3.63, 3.8) is 0 Å². The molecular formula is C15H19N3O3S. The maximum absolute atomic E-state index is 11.8. The summed E-state index contributed by atoms with van der Waals surface area (Å²) in [7, 11) is -2.91. The number of nitriles is 1. The van der Waals surface area contributed by atoms with Crippen LogP contribution in [0.15, 0.2) is 24.3 Å². The molecule has 2 amide bonds. The van der Waals surface area contributed by atoms with Crippen LogP contribution in [0.3, 0.4) is 0 Å². The summed E-state index contributed by atoms with van der Waals surface area (Å²) >= 11 is 0. The zero-order valence-electron chi connectivity index (χ0n) is 12.4. The van der Waals surface area contributed by atoms with Crippen LogP contribution in [-0.4, -0.2) is 32.5 Å². The number of benzene rings is 1. The first-order valence-electron chi connectivity index (χ1n) is 7.14. The Morgan fingerprint density at radius 1 is 1.41 bits per heavy atom. The van der Waals surface area contributed by atoms with E-state index in [4.69, 9.17) is 5.26 Å². The molecule has 1 aliphatic rings. The summed E-state index contributed by atoms with van der Waals surface area (Å²) in [6, 6.07) is 8.53. The van der Waals surface area contributed by atoms with Crippen LogP contribution in [0.2, 0.25) is 0 Å². The van der Waals surface area contributed by atoms with E-state index in [0.29, 0.717) is 18.5 Å². The fraction of sp³-hybridized carbons (Fsp3) is 0.467. The highest BCUT2D eigenvalue weighted by Gasteiger charge is 2.27. The second kappa shape index (κ2) is 6.79. The number of carbonyl (C=O) groups excluding carboxylic acids is 1. The lowest BCUT2D eigenvalue weighted by molar-refractivity contribution is 0.236. The molecule has 0 unspecified atom stereocenters. The molecule has 2 atom stereocenters. The highest BCUT2D eigenvalue weighted by atomic mass is 32.2. The predicted octanol–water partition coefficient (Wildman–Crippen LogP) is 1.35. The van der Waals surface area contributed by atoms with Crippen molar-refractivity contribution >= 4 is 15.9 Å². The quantitative estimate of drug-likeness (QED) is 0.874. The van der Waals surface area contributed by atoms with E-state index in [1.807, 2.05) is 13.0 Å². The topological polar surface area (TPSA) is 99.1 Å². The maximum Gasteiger partial charge on any atom is 0.315 e. The third-order valence-corrected chi connectivity index (χ3v) is 5.60. The molecule has 2 rings (SSSR count). The molecule has 1 aromatic carbocycles. The number of sulfone groups is 1. The minimum absolute atomic E-state index is 0.000896. The van der Waals surface area contributed by atoms with E-state index in [-0.39, 0.29) is 29.5 Å². The van der Waals surface area contributed by atoms with Crippen molar-refractivity contribution < 1.29 is 13.2 Å². The van der Waals surface area contributed by atoms with Gasteiger partial charge in [-0.05, 0) is 37.0 Å². The Kier molecular flexibility index (Phi) is 5.03. The summed E-state index contributed by atoms with van der Waals surface area (Å²) in [6.45, 7) is 2.21. The molecule has 0 spiro atoms. The maximum atomic E-state index is 11.8. The predicted molar refractivity (Wildman–Crippen MR) is 82.9 cm³/mol. The zero-order chi connectivity index (χ0) is 16.2. The Balaban J connectivity index is 1.80. The molecule has 2 N–H and O–H groups in total. The molecule has 1 heterocycles. The third kappa shape index (κ3) is 4.46. The molecule has 0 aromatic heterocycles. The molecule has 0 bridgehead atoms. The lowest BCUT2D eigenvalue weighted by Gasteiger charge is -2.16. The van der Waals surface area contributed by atoms with Crippen molar-refractivity contribution in [2.24, 2.45) is 5.92 Å². The van der Waals surface area contributed by atoms with Crippen LogP contribution in [0.5, 0.6) is 0 Å². The van der Waals surface area contributed by atoms with Crippen LogP contribution in [0, 0.1) is 17.2 Å². The van der Waals surface area contributed by atoms with Crippen LogP contribution in [0.1, 0.15) is 30.5 Å². The van der Waals surface area contributed by atoms with Gasteiger partial charge < -0.3 is 10.6 Å². The number of amides is 2. The normalized spacial score (nSPS) is 20.8. The molecule has 6 nitrogen and oxygen atoms in total. The molecule has 7 heteroatoms. The van der Waals surface area contributed by atoms with Gasteiger partial charge in [0, 0.05) is 6.54 Å². The number of nitrogens with zero attached hydrogens (tertiary/aromatic N) is 1. The van der Waals surface area contributed by atoms with Crippen molar-refractivity contribution in [3.05, 3.63) is 35.4 Å². The Morgan fingerprint density at radius 3 is 2.64 bits per heavy atom. The minimum Gasteiger partial charge on any atom is -0.338 e. The van der Waals surface area contributed by atoms with E-state index in [1.54, 1.807) is 24.3 Å². The van der Waals surface area contributed by atoms with Gasteiger partial charge in [-0.3, -0.25) is 0 Å². The fourth-order valence-electron chi connectivity index (χ4n) is 2.45. The lowest BCUT2D eigenvalue weighted by atomic mass is 10.1. The Hall–Kier alpha value is -2.07. The average Bonchev–Trinajstić information content (AvgIpc) is 2.84. The van der Waals surface area contributed by atoms with Crippen LogP contribution in [0.25, 0.3) is 0 Å². The first-order valence-corrected chi connectivity index (χ1v) is 8.96. The van der Waals surface area contributed by atoms with E-state index in [1.165, 1.54) is 0 Å². The summed E-state index contributed by atoms with van der Waals surface area (Å²) in [5.74, 6) is 0.363. The molecule has 1 saturated heterocycles. The van der Waals surface area contributed by atoms with Gasteiger partial charge in [0.05, 0.1) is 29.2 Å². The van der Waals surface area contributed by atoms with E-state index in [9.17, 15) is 13.2 Å². The molecule has 118 valence electrons. The van der Waals surface area contributed by atoms with Crippen molar-refractivity contribution in [2.45, 2.75) is 19.4 Å². The molecule has 1 fully saturated rings.